The molecule has 0 fully saturated rings. The number of fused-ring (bicyclic) bond motifs is 3. The SMILES string of the molecule is COc1ccc(-c2cc(-c3ccc(OC)cc3)c3c([o+]2)-c2ccccc2CC3)cc1.F[B-](F)(F)F. The highest BCUT2D eigenvalue weighted by Gasteiger charge is 2.31. The number of rotatable bonds is 4. The molecule has 3 aromatic carbocycles. The zero-order valence-corrected chi connectivity index (χ0v) is 19.2. The molecule has 0 radical (unpaired) electrons. The Labute approximate surface area is 201 Å². The predicted octanol–water partition coefficient (Wildman–Crippen LogP) is 7.98. The minimum atomic E-state index is -6.00. The van der Waals surface area contributed by atoms with E-state index in [0.29, 0.717) is 0 Å². The number of hydrogen-bond donors (Lipinski definition) is 0. The Kier molecular flexibility index (Phi) is 7.10. The maximum Gasteiger partial charge on any atom is 0.673 e. The Morgan fingerprint density at radius 3 is 1.80 bits per heavy atom. The normalized spacial score (nSPS) is 12.1. The lowest BCUT2D eigenvalue weighted by molar-refractivity contribution is 0.368. The molecule has 0 atom stereocenters. The molecule has 0 aliphatic heterocycles. The molecule has 180 valence electrons. The third-order valence-corrected chi connectivity index (χ3v) is 5.77. The van der Waals surface area contributed by atoms with E-state index < -0.39 is 7.25 Å². The smallest absolute Gasteiger partial charge is 0.497 e. The molecule has 0 spiro atoms. The summed E-state index contributed by atoms with van der Waals surface area (Å²) in [5, 5.41) is 0. The minimum absolute atomic E-state index is 0.831. The summed E-state index contributed by atoms with van der Waals surface area (Å²) in [6.45, 7) is 0. The van der Waals surface area contributed by atoms with Gasteiger partial charge in [-0.15, -0.1) is 0 Å². The predicted molar refractivity (Wildman–Crippen MR) is 130 cm³/mol. The second kappa shape index (κ2) is 10.2. The average Bonchev–Trinajstić information content (AvgIpc) is 2.87. The molecule has 0 amide bonds. The van der Waals surface area contributed by atoms with Crippen molar-refractivity contribution >= 4 is 7.25 Å². The van der Waals surface area contributed by atoms with E-state index in [-0.39, 0.29) is 0 Å². The van der Waals surface area contributed by atoms with Crippen molar-refractivity contribution in [1.82, 2.24) is 0 Å². The average molecular weight is 482 g/mol. The first-order valence-corrected chi connectivity index (χ1v) is 11.0. The van der Waals surface area contributed by atoms with E-state index in [1.54, 1.807) is 14.2 Å². The Morgan fingerprint density at radius 1 is 0.686 bits per heavy atom. The van der Waals surface area contributed by atoms with E-state index >= 15 is 0 Å². The number of methoxy groups -OCH3 is 2. The van der Waals surface area contributed by atoms with Crippen LogP contribution in [0.1, 0.15) is 11.1 Å². The second-order valence-electron chi connectivity index (χ2n) is 7.94. The van der Waals surface area contributed by atoms with Crippen LogP contribution in [0.2, 0.25) is 0 Å². The standard InChI is InChI=1S/C27H23O3.BF4/c1-28-21-12-7-19(8-13-21)25-17-26(20-9-14-22(29-2)15-10-20)30-27-23-6-4-3-5-18(23)11-16-24(25)27;2-1(3,4)5/h3-10,12-15,17H,11,16H2,1-2H3;/q+1;-1. The Morgan fingerprint density at radius 2 is 1.23 bits per heavy atom. The molecule has 1 heterocycles. The summed E-state index contributed by atoms with van der Waals surface area (Å²) in [6.07, 6.45) is 1.98. The molecule has 0 N–H and O–H groups in total. The molecule has 3 nitrogen and oxygen atoms in total. The van der Waals surface area contributed by atoms with Gasteiger partial charge in [0.2, 0.25) is 0 Å². The molecule has 1 aromatic heterocycles. The first-order chi connectivity index (χ1) is 16.8. The van der Waals surface area contributed by atoms with E-state index in [2.05, 4.69) is 42.5 Å². The third-order valence-electron chi connectivity index (χ3n) is 5.77. The van der Waals surface area contributed by atoms with Gasteiger partial charge in [0.1, 0.15) is 11.5 Å². The summed E-state index contributed by atoms with van der Waals surface area (Å²) >= 11 is 0. The van der Waals surface area contributed by atoms with Crippen molar-refractivity contribution in [2.75, 3.05) is 14.2 Å². The lowest BCUT2D eigenvalue weighted by atomic mass is 9.85. The highest BCUT2D eigenvalue weighted by Crippen LogP contribution is 2.42. The molecule has 0 saturated heterocycles. The fraction of sp³-hybridized carbons (Fsp3) is 0.148. The maximum absolute atomic E-state index is 9.75. The van der Waals surface area contributed by atoms with Gasteiger partial charge in [-0.25, -0.2) is 4.42 Å². The Hall–Kier alpha value is -3.81. The summed E-state index contributed by atoms with van der Waals surface area (Å²) < 4.78 is 56.2. The Bertz CT molecular complexity index is 1300. The van der Waals surface area contributed by atoms with Crippen molar-refractivity contribution in [2.45, 2.75) is 12.8 Å². The molecule has 8 heteroatoms. The Balaban J connectivity index is 0.000000527. The van der Waals surface area contributed by atoms with Crippen molar-refractivity contribution in [3.05, 3.63) is 90.0 Å². The first-order valence-electron chi connectivity index (χ1n) is 11.0. The van der Waals surface area contributed by atoms with Crippen molar-refractivity contribution in [3.63, 3.8) is 0 Å². The number of halogens is 4. The van der Waals surface area contributed by atoms with Gasteiger partial charge < -0.3 is 26.7 Å². The first kappa shape index (κ1) is 24.3. The van der Waals surface area contributed by atoms with Crippen molar-refractivity contribution in [3.8, 4) is 45.3 Å². The number of hydrogen-bond acceptors (Lipinski definition) is 2. The van der Waals surface area contributed by atoms with Gasteiger partial charge in [0.15, 0.2) is 0 Å². The number of aryl methyl sites for hydroxylation is 1. The highest BCUT2D eigenvalue weighted by molar-refractivity contribution is 6.50. The van der Waals surface area contributed by atoms with Crippen LogP contribution in [0, 0.1) is 0 Å². The molecular formula is C27H23BF4O3. The molecule has 0 unspecified atom stereocenters. The van der Waals surface area contributed by atoms with Gasteiger partial charge in [-0.2, -0.15) is 0 Å². The number of ether oxygens (including phenoxy) is 2. The van der Waals surface area contributed by atoms with Crippen molar-refractivity contribution in [2.24, 2.45) is 0 Å². The van der Waals surface area contributed by atoms with E-state index in [9.17, 15) is 17.3 Å². The van der Waals surface area contributed by atoms with Gasteiger partial charge in [0, 0.05) is 5.56 Å². The van der Waals surface area contributed by atoms with Crippen LogP contribution in [-0.2, 0) is 12.8 Å². The summed E-state index contributed by atoms with van der Waals surface area (Å²) in [6, 6.07) is 27.0. The van der Waals surface area contributed by atoms with Crippen molar-refractivity contribution < 1.29 is 31.2 Å². The summed E-state index contributed by atoms with van der Waals surface area (Å²) in [5.74, 6) is 3.50. The van der Waals surface area contributed by atoms with Gasteiger partial charge in [-0.3, -0.25) is 0 Å². The van der Waals surface area contributed by atoms with E-state index in [4.69, 9.17) is 13.9 Å². The second-order valence-corrected chi connectivity index (χ2v) is 7.94. The summed E-state index contributed by atoms with van der Waals surface area (Å²) in [7, 11) is -2.63. The highest BCUT2D eigenvalue weighted by atomic mass is 19.5. The molecule has 5 rings (SSSR count). The fourth-order valence-corrected chi connectivity index (χ4v) is 4.15. The van der Waals surface area contributed by atoms with Crippen LogP contribution in [0.25, 0.3) is 33.8 Å². The lowest BCUT2D eigenvalue weighted by Gasteiger charge is -2.16. The van der Waals surface area contributed by atoms with Crippen LogP contribution >= 0.6 is 0 Å². The van der Waals surface area contributed by atoms with Crippen LogP contribution in [-0.4, -0.2) is 21.5 Å². The quantitative estimate of drug-likeness (QED) is 0.168. The molecule has 0 saturated carbocycles. The van der Waals surface area contributed by atoms with Gasteiger partial charge in [-0.1, -0.05) is 30.3 Å². The van der Waals surface area contributed by atoms with Gasteiger partial charge in [-0.05, 0) is 66.4 Å². The molecular weight excluding hydrogens is 459 g/mol. The van der Waals surface area contributed by atoms with Crippen LogP contribution in [0.5, 0.6) is 11.5 Å². The monoisotopic (exact) mass is 482 g/mol. The zero-order valence-electron chi connectivity index (χ0n) is 19.2. The van der Waals surface area contributed by atoms with E-state index in [1.165, 1.54) is 22.3 Å². The topological polar surface area (TPSA) is 29.8 Å². The summed E-state index contributed by atoms with van der Waals surface area (Å²) in [5.41, 5.74) is 7.17. The largest absolute Gasteiger partial charge is 0.673 e. The minimum Gasteiger partial charge on any atom is -0.497 e. The zero-order chi connectivity index (χ0) is 25.0. The lowest BCUT2D eigenvalue weighted by Crippen LogP contribution is -2.06. The van der Waals surface area contributed by atoms with Crippen LogP contribution in [0.3, 0.4) is 0 Å². The van der Waals surface area contributed by atoms with E-state index in [1.807, 2.05) is 36.4 Å². The third kappa shape index (κ3) is 5.82. The molecule has 1 aliphatic rings. The summed E-state index contributed by atoms with van der Waals surface area (Å²) in [4.78, 5) is 0. The van der Waals surface area contributed by atoms with Crippen molar-refractivity contribution in [1.29, 1.82) is 0 Å². The fourth-order valence-electron chi connectivity index (χ4n) is 4.15. The van der Waals surface area contributed by atoms with Gasteiger partial charge in [0.05, 0.1) is 37.0 Å². The van der Waals surface area contributed by atoms with E-state index in [0.717, 1.165) is 47.0 Å². The molecule has 4 aromatic rings. The van der Waals surface area contributed by atoms with Gasteiger partial charge >= 0.3 is 18.8 Å². The van der Waals surface area contributed by atoms with Crippen LogP contribution in [0.4, 0.5) is 17.3 Å². The maximum atomic E-state index is 9.75. The molecule has 35 heavy (non-hydrogen) atoms. The molecule has 1 aliphatic carbocycles. The molecule has 0 bridgehead atoms. The van der Waals surface area contributed by atoms with Gasteiger partial charge in [0.25, 0.3) is 0 Å². The van der Waals surface area contributed by atoms with Crippen LogP contribution in [0.15, 0.2) is 83.3 Å². The number of benzene rings is 3. The van der Waals surface area contributed by atoms with Crippen LogP contribution < -0.4 is 9.47 Å².